The lowest BCUT2D eigenvalue weighted by Crippen LogP contribution is -2.33. The second-order valence-corrected chi connectivity index (χ2v) is 17.1. The topological polar surface area (TPSA) is 65.9 Å². The molecule has 0 saturated heterocycles. The van der Waals surface area contributed by atoms with E-state index in [0.29, 0.717) is 25.0 Å². The van der Waals surface area contributed by atoms with Crippen LogP contribution in [0.1, 0.15) is 233 Å². The average Bonchev–Trinajstić information content (AvgIpc) is 3.16. The molecule has 1 N–H and O–H groups in total. The summed E-state index contributed by atoms with van der Waals surface area (Å²) >= 11 is 0. The molecule has 0 amide bonds. The molecule has 54 heavy (non-hydrogen) atoms. The number of esters is 1. The molecule has 0 aliphatic heterocycles. The zero-order valence-corrected chi connectivity index (χ0v) is 37.6. The fourth-order valence-corrected chi connectivity index (χ4v) is 7.61. The quantitative estimate of drug-likeness (QED) is 0.0290. The van der Waals surface area contributed by atoms with Gasteiger partial charge in [0.1, 0.15) is 0 Å². The van der Waals surface area contributed by atoms with Crippen LogP contribution in [0, 0.1) is 17.2 Å². The molecule has 0 aromatic heterocycles. The van der Waals surface area contributed by atoms with Crippen molar-refractivity contribution in [1.82, 2.24) is 9.80 Å². The summed E-state index contributed by atoms with van der Waals surface area (Å²) in [5, 5.41) is 8.70. The number of hydrogen-bond acceptors (Lipinski definition) is 6. The van der Waals surface area contributed by atoms with Gasteiger partial charge in [-0.1, -0.05) is 182 Å². The van der Waals surface area contributed by atoms with Crippen LogP contribution in [0.5, 0.6) is 0 Å². The zero-order chi connectivity index (χ0) is 39.7. The summed E-state index contributed by atoms with van der Waals surface area (Å²) < 4.78 is 11.9. The van der Waals surface area contributed by atoms with Gasteiger partial charge in [-0.3, -0.25) is 10.2 Å². The number of unbranched alkanes of at least 4 members (excludes halogenated alkanes) is 22. The molecule has 322 valence electrons. The van der Waals surface area contributed by atoms with Crippen LogP contribution >= 0.6 is 0 Å². The van der Waals surface area contributed by atoms with Gasteiger partial charge in [-0.15, -0.1) is 0 Å². The van der Waals surface area contributed by atoms with E-state index in [9.17, 15) is 4.79 Å². The van der Waals surface area contributed by atoms with E-state index in [2.05, 4.69) is 51.6 Å². The van der Waals surface area contributed by atoms with Gasteiger partial charge in [-0.2, -0.15) is 0 Å². The third-order valence-electron chi connectivity index (χ3n) is 11.4. The number of nitrogens with zero attached hydrogens (tertiary/aromatic N) is 2. The van der Waals surface area contributed by atoms with Crippen molar-refractivity contribution in [3.05, 3.63) is 0 Å². The molecular formula is C48H97N3O3. The first-order valence-corrected chi connectivity index (χ1v) is 24.1. The summed E-state index contributed by atoms with van der Waals surface area (Å²) in [6.45, 7) is 14.9. The Bertz CT molecular complexity index is 733. The molecule has 6 nitrogen and oxygen atoms in total. The van der Waals surface area contributed by atoms with Gasteiger partial charge in [0.2, 0.25) is 0 Å². The minimum absolute atomic E-state index is 0.0743. The van der Waals surface area contributed by atoms with Gasteiger partial charge in [0.15, 0.2) is 5.90 Å². The lowest BCUT2D eigenvalue weighted by Gasteiger charge is -2.24. The van der Waals surface area contributed by atoms with Crippen LogP contribution in [-0.2, 0) is 14.3 Å². The van der Waals surface area contributed by atoms with Crippen LogP contribution in [0.2, 0.25) is 0 Å². The Kier molecular flexibility index (Phi) is 40.6. The van der Waals surface area contributed by atoms with Crippen molar-refractivity contribution in [3.8, 4) is 0 Å². The number of carbonyl (C=O) groups is 1. The Morgan fingerprint density at radius 3 is 1.22 bits per heavy atom. The predicted molar refractivity (Wildman–Crippen MR) is 237 cm³/mol. The van der Waals surface area contributed by atoms with Gasteiger partial charge < -0.3 is 19.3 Å². The van der Waals surface area contributed by atoms with Gasteiger partial charge in [-0.25, -0.2) is 0 Å². The molecule has 0 bridgehead atoms. The van der Waals surface area contributed by atoms with Crippen molar-refractivity contribution in [2.45, 2.75) is 233 Å². The van der Waals surface area contributed by atoms with Gasteiger partial charge in [0, 0.05) is 19.0 Å². The number of likely N-dealkylation sites (N-methyl/N-ethyl adjacent to an activating group) is 1. The first-order chi connectivity index (χ1) is 26.4. The highest BCUT2D eigenvalue weighted by Crippen LogP contribution is 2.22. The highest BCUT2D eigenvalue weighted by Gasteiger charge is 2.19. The fraction of sp³-hybridized carbons (Fsp3) is 0.958. The number of rotatable bonds is 43. The number of carbonyl (C=O) groups excluding carboxylic acids is 1. The van der Waals surface area contributed by atoms with E-state index in [-0.39, 0.29) is 11.9 Å². The van der Waals surface area contributed by atoms with E-state index in [1.165, 1.54) is 161 Å². The van der Waals surface area contributed by atoms with Crippen molar-refractivity contribution in [1.29, 1.82) is 5.41 Å². The third kappa shape index (κ3) is 35.3. The van der Waals surface area contributed by atoms with E-state index in [1.807, 2.05) is 0 Å². The predicted octanol–water partition coefficient (Wildman–Crippen LogP) is 14.2. The van der Waals surface area contributed by atoms with Crippen LogP contribution in [0.15, 0.2) is 0 Å². The van der Waals surface area contributed by atoms with Crippen molar-refractivity contribution in [3.63, 3.8) is 0 Å². The molecule has 0 heterocycles. The maximum Gasteiger partial charge on any atom is 0.308 e. The van der Waals surface area contributed by atoms with E-state index < -0.39 is 0 Å². The Balaban J connectivity index is 4.37. The van der Waals surface area contributed by atoms with E-state index in [0.717, 1.165) is 71.0 Å². The molecule has 0 aromatic carbocycles. The first-order valence-electron chi connectivity index (χ1n) is 24.1. The van der Waals surface area contributed by atoms with Gasteiger partial charge in [-0.05, 0) is 78.6 Å². The fourth-order valence-electron chi connectivity index (χ4n) is 7.61. The molecule has 0 fully saturated rings. The zero-order valence-electron chi connectivity index (χ0n) is 37.6. The van der Waals surface area contributed by atoms with Crippen LogP contribution in [0.4, 0.5) is 0 Å². The Hall–Kier alpha value is -1.14. The summed E-state index contributed by atoms with van der Waals surface area (Å²) in [6, 6.07) is 0. The second-order valence-electron chi connectivity index (χ2n) is 17.1. The third-order valence-corrected chi connectivity index (χ3v) is 11.4. The number of ether oxygens (including phenoxy) is 2. The molecule has 0 saturated carbocycles. The van der Waals surface area contributed by atoms with Gasteiger partial charge in [0.05, 0.1) is 19.1 Å². The highest BCUT2D eigenvalue weighted by molar-refractivity contribution is 5.75. The minimum atomic E-state index is 0.0743. The molecule has 2 unspecified atom stereocenters. The Morgan fingerprint density at radius 1 is 0.426 bits per heavy atom. The molecule has 0 aliphatic carbocycles. The molecule has 0 aromatic rings. The standard InChI is InChI=1S/C48H97N3O3/c1-7-11-15-19-21-29-36-45(35-27-17-13-9-3)47(49)53-43-33-25-23-31-39-51(42-41-50(5)6)40-32-24-26-34-44-54-48(52)46(37-28-18-14-10-4)38-30-22-20-16-12-8-2/h45-46,49H,7-44H2,1-6H3. The van der Waals surface area contributed by atoms with Crippen molar-refractivity contribution >= 4 is 11.9 Å². The van der Waals surface area contributed by atoms with Crippen LogP contribution in [0.3, 0.4) is 0 Å². The molecule has 2 atom stereocenters. The van der Waals surface area contributed by atoms with E-state index in [4.69, 9.17) is 14.9 Å². The Labute approximate surface area is 338 Å². The summed E-state index contributed by atoms with van der Waals surface area (Å²) in [6.07, 6.45) is 39.1. The van der Waals surface area contributed by atoms with Crippen LogP contribution < -0.4 is 0 Å². The molecule has 6 heteroatoms. The van der Waals surface area contributed by atoms with Crippen LogP contribution in [-0.4, -0.2) is 75.2 Å². The van der Waals surface area contributed by atoms with Gasteiger partial charge >= 0.3 is 5.97 Å². The summed E-state index contributed by atoms with van der Waals surface area (Å²) in [5.41, 5.74) is 0. The number of hydrogen-bond donors (Lipinski definition) is 1. The first kappa shape index (κ1) is 52.9. The molecular weight excluding hydrogens is 667 g/mol. The summed E-state index contributed by atoms with van der Waals surface area (Å²) in [5.74, 6) is 1.07. The highest BCUT2D eigenvalue weighted by atomic mass is 16.5. The molecule has 0 spiro atoms. The lowest BCUT2D eigenvalue weighted by atomic mass is 9.94. The van der Waals surface area contributed by atoms with E-state index >= 15 is 0 Å². The van der Waals surface area contributed by atoms with Crippen LogP contribution in [0.25, 0.3) is 0 Å². The van der Waals surface area contributed by atoms with Crippen molar-refractivity contribution in [2.24, 2.45) is 11.8 Å². The monoisotopic (exact) mass is 764 g/mol. The molecule has 0 aliphatic rings. The summed E-state index contributed by atoms with van der Waals surface area (Å²) in [4.78, 5) is 17.9. The molecule has 0 radical (unpaired) electrons. The maximum absolute atomic E-state index is 13.0. The normalized spacial score (nSPS) is 12.8. The molecule has 0 rings (SSSR count). The largest absolute Gasteiger partial charge is 0.481 e. The maximum atomic E-state index is 13.0. The Morgan fingerprint density at radius 2 is 0.778 bits per heavy atom. The lowest BCUT2D eigenvalue weighted by molar-refractivity contribution is -0.149. The minimum Gasteiger partial charge on any atom is -0.481 e. The van der Waals surface area contributed by atoms with Crippen molar-refractivity contribution < 1.29 is 14.3 Å². The average molecular weight is 764 g/mol. The smallest absolute Gasteiger partial charge is 0.308 e. The number of nitrogens with one attached hydrogen (secondary N) is 1. The SMILES string of the molecule is CCCCCCCCC(CCCCCC)C(=N)OCCCCCCN(CCCCCCOC(=O)C(CCCCCC)CCCCCCCC)CCN(C)C. The van der Waals surface area contributed by atoms with Crippen molar-refractivity contribution in [2.75, 3.05) is 53.5 Å². The summed E-state index contributed by atoms with van der Waals surface area (Å²) in [7, 11) is 4.34. The second kappa shape index (κ2) is 41.5. The van der Waals surface area contributed by atoms with E-state index in [1.54, 1.807) is 0 Å². The van der Waals surface area contributed by atoms with Gasteiger partial charge in [0.25, 0.3) is 0 Å².